The highest BCUT2D eigenvalue weighted by molar-refractivity contribution is 9.10. The highest BCUT2D eigenvalue weighted by Crippen LogP contribution is 2.22. The molecule has 8 heteroatoms. The molecule has 7 nitrogen and oxygen atoms in total. The zero-order chi connectivity index (χ0) is 15.3. The Morgan fingerprint density at radius 1 is 1.40 bits per heavy atom. The van der Waals surface area contributed by atoms with Gasteiger partial charge in [-0.2, -0.15) is 0 Å². The average molecular weight is 345 g/mol. The molecule has 0 N–H and O–H groups in total. The van der Waals surface area contributed by atoms with Gasteiger partial charge in [0, 0.05) is 29.2 Å². The van der Waals surface area contributed by atoms with Crippen molar-refractivity contribution in [2.45, 2.75) is 6.92 Å². The Bertz CT molecular complexity index is 547. The first-order valence-electron chi connectivity index (χ1n) is 5.71. The largest absolute Gasteiger partial charge is 0.465 e. The van der Waals surface area contributed by atoms with Gasteiger partial charge in [-0.1, -0.05) is 15.9 Å². The molecule has 1 aromatic rings. The van der Waals surface area contributed by atoms with Crippen LogP contribution in [0.25, 0.3) is 0 Å². The average Bonchev–Trinajstić information content (AvgIpc) is 2.37. The van der Waals surface area contributed by atoms with Crippen LogP contribution in [0.3, 0.4) is 0 Å². The number of esters is 1. The van der Waals surface area contributed by atoms with Gasteiger partial charge in [0.2, 0.25) is 0 Å². The first-order valence-corrected chi connectivity index (χ1v) is 6.50. The summed E-state index contributed by atoms with van der Waals surface area (Å²) in [5, 5.41) is 10.7. The molecular formula is C12H13BrN2O5. The molecule has 108 valence electrons. The van der Waals surface area contributed by atoms with Crippen molar-refractivity contribution in [2.24, 2.45) is 0 Å². The number of halogens is 1. The molecule has 1 amide bonds. The summed E-state index contributed by atoms with van der Waals surface area (Å²) in [6.45, 7) is 1.67. The van der Waals surface area contributed by atoms with E-state index >= 15 is 0 Å². The first-order chi connectivity index (χ1) is 9.35. The number of benzene rings is 1. The molecule has 0 heterocycles. The maximum Gasteiger partial charge on any atom is 0.325 e. The summed E-state index contributed by atoms with van der Waals surface area (Å²) < 4.78 is 5.15. The van der Waals surface area contributed by atoms with Gasteiger partial charge in [0.15, 0.2) is 0 Å². The topological polar surface area (TPSA) is 89.8 Å². The molecule has 0 spiro atoms. The van der Waals surface area contributed by atoms with Crippen LogP contribution < -0.4 is 0 Å². The fourth-order valence-corrected chi connectivity index (χ4v) is 1.98. The molecule has 0 aliphatic heterocycles. The standard InChI is InChI=1S/C12H13BrN2O5/c1-3-20-11(16)7-14(2)12(17)8-4-9(13)6-10(5-8)15(18)19/h4-6H,3,7H2,1-2H3. The molecule has 0 atom stereocenters. The molecule has 0 radical (unpaired) electrons. The molecule has 0 saturated carbocycles. The van der Waals surface area contributed by atoms with E-state index in [-0.39, 0.29) is 24.4 Å². The summed E-state index contributed by atoms with van der Waals surface area (Å²) in [6, 6.07) is 3.91. The van der Waals surface area contributed by atoms with Crippen molar-refractivity contribution in [1.82, 2.24) is 4.90 Å². The van der Waals surface area contributed by atoms with Crippen LogP contribution in [0.15, 0.2) is 22.7 Å². The summed E-state index contributed by atoms with van der Waals surface area (Å²) in [6.07, 6.45) is 0. The van der Waals surface area contributed by atoms with Crippen LogP contribution in [0.4, 0.5) is 5.69 Å². The summed E-state index contributed by atoms with van der Waals surface area (Å²) in [7, 11) is 1.42. The summed E-state index contributed by atoms with van der Waals surface area (Å²) >= 11 is 3.11. The molecule has 1 aromatic carbocycles. The minimum atomic E-state index is -0.590. The van der Waals surface area contributed by atoms with Gasteiger partial charge < -0.3 is 9.64 Å². The summed E-state index contributed by atoms with van der Waals surface area (Å²) in [4.78, 5) is 34.7. The van der Waals surface area contributed by atoms with E-state index in [1.54, 1.807) is 6.92 Å². The lowest BCUT2D eigenvalue weighted by atomic mass is 10.2. The van der Waals surface area contributed by atoms with Gasteiger partial charge in [0.25, 0.3) is 11.6 Å². The molecule has 0 aliphatic carbocycles. The smallest absolute Gasteiger partial charge is 0.325 e. The van der Waals surface area contributed by atoms with Crippen LogP contribution in [0.2, 0.25) is 0 Å². The number of nitro benzene ring substituents is 1. The second-order valence-electron chi connectivity index (χ2n) is 3.92. The quantitative estimate of drug-likeness (QED) is 0.463. The van der Waals surface area contributed by atoms with E-state index < -0.39 is 16.8 Å². The molecule has 0 bridgehead atoms. The van der Waals surface area contributed by atoms with E-state index in [0.29, 0.717) is 4.47 Å². The van der Waals surface area contributed by atoms with E-state index in [0.717, 1.165) is 11.0 Å². The first kappa shape index (κ1) is 16.1. The summed E-state index contributed by atoms with van der Waals surface area (Å²) in [5.74, 6) is -1.03. The Morgan fingerprint density at radius 3 is 2.60 bits per heavy atom. The van der Waals surface area contributed by atoms with Gasteiger partial charge in [0.1, 0.15) is 6.54 Å². The van der Waals surface area contributed by atoms with E-state index in [9.17, 15) is 19.7 Å². The lowest BCUT2D eigenvalue weighted by molar-refractivity contribution is -0.385. The minimum Gasteiger partial charge on any atom is -0.465 e. The maximum atomic E-state index is 12.1. The van der Waals surface area contributed by atoms with Crippen molar-refractivity contribution < 1.29 is 19.2 Å². The number of carbonyl (C=O) groups excluding carboxylic acids is 2. The number of nitrogens with zero attached hydrogens (tertiary/aromatic N) is 2. The fourth-order valence-electron chi connectivity index (χ4n) is 1.50. The van der Waals surface area contributed by atoms with E-state index in [1.165, 1.54) is 19.2 Å². The lowest BCUT2D eigenvalue weighted by Gasteiger charge is -2.16. The van der Waals surface area contributed by atoms with Crippen LogP contribution >= 0.6 is 15.9 Å². The Balaban J connectivity index is 2.91. The number of nitro groups is 1. The maximum absolute atomic E-state index is 12.1. The predicted octanol–water partition coefficient (Wildman–Crippen LogP) is 1.99. The minimum absolute atomic E-state index is 0.123. The summed E-state index contributed by atoms with van der Waals surface area (Å²) in [5.41, 5.74) is -0.0786. The number of rotatable bonds is 5. The van der Waals surface area contributed by atoms with E-state index in [1.807, 2.05) is 0 Å². The Kier molecular flexibility index (Phi) is 5.63. The van der Waals surface area contributed by atoms with Gasteiger partial charge in [-0.15, -0.1) is 0 Å². The van der Waals surface area contributed by atoms with Crippen LogP contribution in [0.5, 0.6) is 0 Å². The third-order valence-corrected chi connectivity index (χ3v) is 2.82. The molecule has 1 rings (SSSR count). The Hall–Kier alpha value is -1.96. The number of likely N-dealkylation sites (N-methyl/N-ethyl adjacent to an activating group) is 1. The second kappa shape index (κ2) is 6.99. The predicted molar refractivity (Wildman–Crippen MR) is 74.4 cm³/mol. The fraction of sp³-hybridized carbons (Fsp3) is 0.333. The van der Waals surface area contributed by atoms with Crippen LogP contribution in [-0.4, -0.2) is 41.9 Å². The monoisotopic (exact) mass is 344 g/mol. The van der Waals surface area contributed by atoms with Crippen LogP contribution in [-0.2, 0) is 9.53 Å². The van der Waals surface area contributed by atoms with E-state index in [2.05, 4.69) is 15.9 Å². The number of hydrogen-bond acceptors (Lipinski definition) is 5. The Labute approximate surface area is 123 Å². The zero-order valence-electron chi connectivity index (χ0n) is 11.0. The third-order valence-electron chi connectivity index (χ3n) is 2.36. The van der Waals surface area contributed by atoms with Crippen molar-refractivity contribution in [3.05, 3.63) is 38.3 Å². The van der Waals surface area contributed by atoms with Gasteiger partial charge >= 0.3 is 5.97 Å². The highest BCUT2D eigenvalue weighted by Gasteiger charge is 2.19. The van der Waals surface area contributed by atoms with Crippen molar-refractivity contribution in [3.8, 4) is 0 Å². The van der Waals surface area contributed by atoms with Gasteiger partial charge in [0.05, 0.1) is 11.5 Å². The lowest BCUT2D eigenvalue weighted by Crippen LogP contribution is -2.33. The number of amides is 1. The van der Waals surface area contributed by atoms with Crippen molar-refractivity contribution >= 4 is 33.5 Å². The zero-order valence-corrected chi connectivity index (χ0v) is 12.5. The van der Waals surface area contributed by atoms with Crippen LogP contribution in [0.1, 0.15) is 17.3 Å². The molecule has 20 heavy (non-hydrogen) atoms. The normalized spacial score (nSPS) is 9.95. The number of ether oxygens (including phenoxy) is 1. The van der Waals surface area contributed by atoms with Crippen LogP contribution in [0, 0.1) is 10.1 Å². The molecule has 0 saturated heterocycles. The van der Waals surface area contributed by atoms with Gasteiger partial charge in [-0.3, -0.25) is 19.7 Å². The van der Waals surface area contributed by atoms with E-state index in [4.69, 9.17) is 4.74 Å². The Morgan fingerprint density at radius 2 is 2.05 bits per heavy atom. The van der Waals surface area contributed by atoms with Gasteiger partial charge in [-0.25, -0.2) is 0 Å². The van der Waals surface area contributed by atoms with Gasteiger partial charge in [-0.05, 0) is 13.0 Å². The third kappa shape index (κ3) is 4.30. The SMILES string of the molecule is CCOC(=O)CN(C)C(=O)c1cc(Br)cc([N+](=O)[O-])c1. The van der Waals surface area contributed by atoms with Crippen molar-refractivity contribution in [1.29, 1.82) is 0 Å². The van der Waals surface area contributed by atoms with Crippen molar-refractivity contribution in [2.75, 3.05) is 20.2 Å². The molecular weight excluding hydrogens is 332 g/mol. The highest BCUT2D eigenvalue weighted by atomic mass is 79.9. The molecule has 0 aliphatic rings. The van der Waals surface area contributed by atoms with Crippen molar-refractivity contribution in [3.63, 3.8) is 0 Å². The number of hydrogen-bond donors (Lipinski definition) is 0. The molecule has 0 aromatic heterocycles. The second-order valence-corrected chi connectivity index (χ2v) is 4.84. The molecule has 0 unspecified atom stereocenters. The molecule has 0 fully saturated rings. The number of non-ortho nitro benzene ring substituents is 1. The number of carbonyl (C=O) groups is 2.